The van der Waals surface area contributed by atoms with E-state index in [4.69, 9.17) is 0 Å². The maximum Gasteiger partial charge on any atom is 0.239 e. The van der Waals surface area contributed by atoms with Gasteiger partial charge >= 0.3 is 0 Å². The lowest BCUT2D eigenvalue weighted by Gasteiger charge is -2.22. The van der Waals surface area contributed by atoms with Crippen molar-refractivity contribution >= 4 is 28.8 Å². The highest BCUT2D eigenvalue weighted by molar-refractivity contribution is 7.09. The van der Waals surface area contributed by atoms with E-state index in [2.05, 4.69) is 10.3 Å². The first-order valence-corrected chi connectivity index (χ1v) is 10.2. The van der Waals surface area contributed by atoms with Crippen molar-refractivity contribution < 1.29 is 9.59 Å². The molecule has 5 rings (SSSR count). The van der Waals surface area contributed by atoms with Gasteiger partial charge in [-0.3, -0.25) is 14.9 Å². The zero-order valence-electron chi connectivity index (χ0n) is 15.3. The van der Waals surface area contributed by atoms with Crippen LogP contribution in [0.5, 0.6) is 0 Å². The lowest BCUT2D eigenvalue weighted by atomic mass is 9.86. The number of rotatable bonds is 3. The number of nitrogens with zero attached hydrogens (tertiary/aromatic N) is 2. The minimum Gasteiger partial charge on any atom is -0.300 e. The molecule has 2 amide bonds. The Morgan fingerprint density at radius 1 is 0.893 bits per heavy atom. The van der Waals surface area contributed by atoms with Crippen LogP contribution >= 0.6 is 11.3 Å². The van der Waals surface area contributed by atoms with E-state index in [0.29, 0.717) is 5.69 Å². The molecule has 4 atom stereocenters. The molecule has 3 aromatic rings. The Morgan fingerprint density at radius 3 is 2.11 bits per heavy atom. The summed E-state index contributed by atoms with van der Waals surface area (Å²) in [6.07, 6.45) is 0. The number of nitrogens with one attached hydrogen (secondary N) is 1. The third-order valence-electron chi connectivity index (χ3n) is 5.55. The minimum atomic E-state index is -0.455. The Labute approximate surface area is 167 Å². The molecule has 5 nitrogen and oxygen atoms in total. The van der Waals surface area contributed by atoms with Gasteiger partial charge in [-0.1, -0.05) is 48.5 Å². The average molecular weight is 389 g/mol. The second-order valence-corrected chi connectivity index (χ2v) is 8.15. The van der Waals surface area contributed by atoms with Crippen LogP contribution in [0.4, 0.5) is 5.69 Å². The number of benzene rings is 2. The predicted molar refractivity (Wildman–Crippen MR) is 108 cm³/mol. The van der Waals surface area contributed by atoms with Gasteiger partial charge in [0.15, 0.2) is 0 Å². The van der Waals surface area contributed by atoms with Crippen molar-refractivity contribution in [1.82, 2.24) is 10.3 Å². The van der Waals surface area contributed by atoms with Crippen LogP contribution < -0.4 is 10.2 Å². The predicted octanol–water partition coefficient (Wildman–Crippen LogP) is 3.64. The van der Waals surface area contributed by atoms with Crippen molar-refractivity contribution in [1.29, 1.82) is 0 Å². The smallest absolute Gasteiger partial charge is 0.239 e. The first kappa shape index (κ1) is 17.3. The molecule has 0 aliphatic carbocycles. The van der Waals surface area contributed by atoms with Gasteiger partial charge in [-0.2, -0.15) is 0 Å². The monoisotopic (exact) mass is 389 g/mol. The van der Waals surface area contributed by atoms with Gasteiger partial charge in [-0.05, 0) is 24.6 Å². The second-order valence-electron chi connectivity index (χ2n) is 7.26. The lowest BCUT2D eigenvalue weighted by Crippen LogP contribution is -2.36. The van der Waals surface area contributed by atoms with E-state index in [1.165, 1.54) is 16.2 Å². The highest BCUT2D eigenvalue weighted by Gasteiger charge is 2.60. The van der Waals surface area contributed by atoms with E-state index >= 15 is 0 Å². The van der Waals surface area contributed by atoms with Crippen LogP contribution in [0, 0.1) is 18.8 Å². The number of hydrogen-bond donors (Lipinski definition) is 1. The summed E-state index contributed by atoms with van der Waals surface area (Å²) in [5.74, 6) is -1.18. The van der Waals surface area contributed by atoms with E-state index in [9.17, 15) is 9.59 Å². The summed E-state index contributed by atoms with van der Waals surface area (Å²) < 4.78 is 0. The summed E-state index contributed by atoms with van der Waals surface area (Å²) in [5, 5.41) is 6.40. The Kier molecular flexibility index (Phi) is 4.10. The van der Waals surface area contributed by atoms with E-state index in [1.807, 2.05) is 73.0 Å². The first-order valence-electron chi connectivity index (χ1n) is 9.31. The molecular weight excluding hydrogens is 370 g/mol. The third-order valence-corrected chi connectivity index (χ3v) is 6.60. The van der Waals surface area contributed by atoms with Gasteiger partial charge in [0.05, 0.1) is 23.6 Å². The van der Waals surface area contributed by atoms with Crippen LogP contribution in [0.3, 0.4) is 0 Å². The Morgan fingerprint density at radius 2 is 1.50 bits per heavy atom. The zero-order chi connectivity index (χ0) is 19.3. The molecule has 28 heavy (non-hydrogen) atoms. The lowest BCUT2D eigenvalue weighted by molar-refractivity contribution is -0.123. The average Bonchev–Trinajstić information content (AvgIpc) is 3.39. The van der Waals surface area contributed by atoms with Crippen molar-refractivity contribution in [3.8, 4) is 0 Å². The number of thiazole rings is 1. The van der Waals surface area contributed by atoms with Crippen molar-refractivity contribution in [2.75, 3.05) is 4.90 Å². The van der Waals surface area contributed by atoms with Crippen LogP contribution in [-0.4, -0.2) is 16.8 Å². The molecule has 0 radical (unpaired) electrons. The fourth-order valence-corrected chi connectivity index (χ4v) is 5.25. The fourth-order valence-electron chi connectivity index (χ4n) is 4.35. The molecule has 140 valence electrons. The quantitative estimate of drug-likeness (QED) is 0.695. The number of imide groups is 1. The number of para-hydroxylation sites is 1. The van der Waals surface area contributed by atoms with Gasteiger partial charge in [-0.25, -0.2) is 9.88 Å². The molecule has 2 saturated heterocycles. The normalized spacial score (nSPS) is 26.7. The molecule has 2 aliphatic rings. The molecule has 2 fully saturated rings. The summed E-state index contributed by atoms with van der Waals surface area (Å²) in [7, 11) is 0. The Hall–Kier alpha value is -2.83. The Balaban J connectivity index is 1.61. The van der Waals surface area contributed by atoms with Gasteiger partial charge < -0.3 is 0 Å². The van der Waals surface area contributed by atoms with Crippen molar-refractivity contribution in [3.63, 3.8) is 0 Å². The van der Waals surface area contributed by atoms with Crippen molar-refractivity contribution in [2.24, 2.45) is 11.8 Å². The highest BCUT2D eigenvalue weighted by atomic mass is 32.1. The van der Waals surface area contributed by atoms with Gasteiger partial charge in [-0.15, -0.1) is 11.3 Å². The van der Waals surface area contributed by atoms with Crippen LogP contribution in [0.25, 0.3) is 0 Å². The van der Waals surface area contributed by atoms with Gasteiger partial charge in [0.2, 0.25) is 11.8 Å². The molecular formula is C22H19N3O2S. The molecule has 2 aromatic carbocycles. The van der Waals surface area contributed by atoms with E-state index in [1.54, 1.807) is 0 Å². The number of anilines is 1. The molecule has 1 N–H and O–H groups in total. The molecule has 0 bridgehead atoms. The van der Waals surface area contributed by atoms with Gasteiger partial charge in [0.1, 0.15) is 5.01 Å². The Bertz CT molecular complexity index is 1030. The molecule has 0 saturated carbocycles. The van der Waals surface area contributed by atoms with Crippen LogP contribution in [0.2, 0.25) is 0 Å². The number of fused-ring (bicyclic) bond motifs is 1. The SMILES string of the molecule is Cc1csc([C@H]2N[C@@H](c3ccccc3)[C@H]3C(=O)N(c4ccccc4)C(=O)[C@H]32)n1. The number of carbonyl (C=O) groups excluding carboxylic acids is 2. The molecule has 0 spiro atoms. The molecule has 0 unspecified atom stereocenters. The van der Waals surface area contributed by atoms with Crippen LogP contribution in [-0.2, 0) is 9.59 Å². The molecule has 6 heteroatoms. The van der Waals surface area contributed by atoms with E-state index < -0.39 is 11.8 Å². The maximum absolute atomic E-state index is 13.4. The summed E-state index contributed by atoms with van der Waals surface area (Å²) in [6.45, 7) is 1.94. The van der Waals surface area contributed by atoms with Crippen LogP contribution in [0.1, 0.15) is 28.3 Å². The molecule has 2 aliphatic heterocycles. The first-order chi connectivity index (χ1) is 13.6. The zero-order valence-corrected chi connectivity index (χ0v) is 16.1. The maximum atomic E-state index is 13.4. The number of aryl methyl sites for hydroxylation is 1. The molecule has 3 heterocycles. The van der Waals surface area contributed by atoms with Gasteiger partial charge in [0, 0.05) is 17.1 Å². The summed E-state index contributed by atoms with van der Waals surface area (Å²) in [5.41, 5.74) is 2.58. The largest absolute Gasteiger partial charge is 0.300 e. The third kappa shape index (κ3) is 2.60. The highest BCUT2D eigenvalue weighted by Crippen LogP contribution is 2.50. The standard InChI is InChI=1S/C22H19N3O2S/c1-13-12-28-20(23-13)19-17-16(18(24-19)14-8-4-2-5-9-14)21(26)25(22(17)27)15-10-6-3-7-11-15/h2-12,16-19,24H,1H3/t16-,17+,18-,19-/m0/s1. The minimum absolute atomic E-state index is 0.140. The van der Waals surface area contributed by atoms with Crippen molar-refractivity contribution in [3.05, 3.63) is 82.3 Å². The topological polar surface area (TPSA) is 62.3 Å². The number of carbonyl (C=O) groups is 2. The summed E-state index contributed by atoms with van der Waals surface area (Å²) in [6, 6.07) is 18.6. The number of aromatic nitrogens is 1. The second kappa shape index (κ2) is 6.65. The number of amides is 2. The summed E-state index contributed by atoms with van der Waals surface area (Å²) in [4.78, 5) is 32.8. The van der Waals surface area contributed by atoms with Crippen molar-refractivity contribution in [2.45, 2.75) is 19.0 Å². The number of hydrogen-bond acceptors (Lipinski definition) is 5. The van der Waals surface area contributed by atoms with Gasteiger partial charge in [0.25, 0.3) is 0 Å². The van der Waals surface area contributed by atoms with E-state index in [-0.39, 0.29) is 23.9 Å². The van der Waals surface area contributed by atoms with Crippen LogP contribution in [0.15, 0.2) is 66.0 Å². The summed E-state index contributed by atoms with van der Waals surface area (Å²) >= 11 is 1.54. The molecule has 1 aromatic heterocycles. The fraction of sp³-hybridized carbons (Fsp3) is 0.227. The van der Waals surface area contributed by atoms with E-state index in [0.717, 1.165) is 16.3 Å².